The third-order valence-electron chi connectivity index (χ3n) is 4.22. The summed E-state index contributed by atoms with van der Waals surface area (Å²) in [6, 6.07) is 13.1. The lowest BCUT2D eigenvalue weighted by molar-refractivity contribution is 0.268. The number of hydrogen-bond donors (Lipinski definition) is 1. The molecule has 0 radical (unpaired) electrons. The van der Waals surface area contributed by atoms with Crippen LogP contribution in [-0.2, 0) is 13.2 Å². The molecule has 1 fully saturated rings. The van der Waals surface area contributed by atoms with Gasteiger partial charge in [0.1, 0.15) is 6.61 Å². The Kier molecular flexibility index (Phi) is 5.80. The summed E-state index contributed by atoms with van der Waals surface area (Å²) < 4.78 is 12.9. The smallest absolute Gasteiger partial charge is 0.162 e. The molecular weight excluding hydrogens is 366 g/mol. The molecular formula is C20H24BrNO2. The van der Waals surface area contributed by atoms with Crippen LogP contribution in [0.5, 0.6) is 11.5 Å². The third kappa shape index (κ3) is 4.52. The standard InChI is InChI=1S/C20H24BrNO2/c1-3-23-19-10-16(12-22-17-8-9-17)18(21)11-20(19)24-13-15-7-5-4-6-14(15)2/h4-7,10-11,17,22H,3,8-9,12-13H2,1-2H3. The third-order valence-corrected chi connectivity index (χ3v) is 4.95. The highest BCUT2D eigenvalue weighted by molar-refractivity contribution is 9.10. The Balaban J connectivity index is 1.75. The Labute approximate surface area is 152 Å². The largest absolute Gasteiger partial charge is 0.490 e. The van der Waals surface area contributed by atoms with E-state index in [0.717, 1.165) is 22.5 Å². The van der Waals surface area contributed by atoms with Crippen molar-refractivity contribution in [1.82, 2.24) is 5.32 Å². The van der Waals surface area contributed by atoms with Gasteiger partial charge in [-0.1, -0.05) is 40.2 Å². The Hall–Kier alpha value is -1.52. The lowest BCUT2D eigenvalue weighted by Crippen LogP contribution is -2.15. The molecule has 24 heavy (non-hydrogen) atoms. The second kappa shape index (κ2) is 8.04. The zero-order chi connectivity index (χ0) is 16.9. The fourth-order valence-corrected chi connectivity index (χ4v) is 3.03. The summed E-state index contributed by atoms with van der Waals surface area (Å²) in [7, 11) is 0. The first-order valence-corrected chi connectivity index (χ1v) is 9.32. The summed E-state index contributed by atoms with van der Waals surface area (Å²) in [5.74, 6) is 1.59. The summed E-state index contributed by atoms with van der Waals surface area (Å²) in [5, 5.41) is 3.54. The fraction of sp³-hybridized carbons (Fsp3) is 0.400. The van der Waals surface area contributed by atoms with Crippen LogP contribution in [0.15, 0.2) is 40.9 Å². The van der Waals surface area contributed by atoms with Crippen molar-refractivity contribution in [2.24, 2.45) is 0 Å². The Morgan fingerprint density at radius 1 is 1.08 bits per heavy atom. The normalized spacial score (nSPS) is 13.8. The molecule has 0 unspecified atom stereocenters. The molecule has 128 valence electrons. The average molecular weight is 390 g/mol. The van der Waals surface area contributed by atoms with Gasteiger partial charge in [0.2, 0.25) is 0 Å². The van der Waals surface area contributed by atoms with E-state index in [-0.39, 0.29) is 0 Å². The maximum atomic E-state index is 6.05. The number of aryl methyl sites for hydroxylation is 1. The molecule has 0 bridgehead atoms. The van der Waals surface area contributed by atoms with Gasteiger partial charge in [0.15, 0.2) is 11.5 Å². The molecule has 1 N–H and O–H groups in total. The molecule has 0 atom stereocenters. The number of rotatable bonds is 8. The van der Waals surface area contributed by atoms with Crippen molar-refractivity contribution in [2.75, 3.05) is 6.61 Å². The number of hydrogen-bond acceptors (Lipinski definition) is 3. The second-order valence-electron chi connectivity index (χ2n) is 6.19. The number of halogens is 1. The minimum Gasteiger partial charge on any atom is -0.490 e. The van der Waals surface area contributed by atoms with E-state index in [4.69, 9.17) is 9.47 Å². The van der Waals surface area contributed by atoms with Crippen LogP contribution in [0.3, 0.4) is 0 Å². The topological polar surface area (TPSA) is 30.5 Å². The zero-order valence-corrected chi connectivity index (χ0v) is 15.9. The Bertz CT molecular complexity index is 698. The van der Waals surface area contributed by atoms with Crippen molar-refractivity contribution >= 4 is 15.9 Å². The van der Waals surface area contributed by atoms with Crippen molar-refractivity contribution in [3.05, 3.63) is 57.6 Å². The number of nitrogens with one attached hydrogen (secondary N) is 1. The minimum atomic E-state index is 0.541. The molecule has 1 aliphatic rings. The molecule has 2 aromatic carbocycles. The van der Waals surface area contributed by atoms with Crippen LogP contribution < -0.4 is 14.8 Å². The van der Waals surface area contributed by atoms with E-state index >= 15 is 0 Å². The van der Waals surface area contributed by atoms with Crippen LogP contribution >= 0.6 is 15.9 Å². The number of benzene rings is 2. The molecule has 0 saturated heterocycles. The summed E-state index contributed by atoms with van der Waals surface area (Å²) in [5.41, 5.74) is 3.63. The van der Waals surface area contributed by atoms with Gasteiger partial charge in [-0.05, 0) is 55.5 Å². The zero-order valence-electron chi connectivity index (χ0n) is 14.3. The highest BCUT2D eigenvalue weighted by atomic mass is 79.9. The Morgan fingerprint density at radius 2 is 1.83 bits per heavy atom. The van der Waals surface area contributed by atoms with Crippen molar-refractivity contribution in [3.8, 4) is 11.5 Å². The quantitative estimate of drug-likeness (QED) is 0.689. The lowest BCUT2D eigenvalue weighted by Gasteiger charge is -2.16. The van der Waals surface area contributed by atoms with E-state index in [9.17, 15) is 0 Å². The van der Waals surface area contributed by atoms with Gasteiger partial charge in [-0.2, -0.15) is 0 Å². The molecule has 0 spiro atoms. The predicted molar refractivity (Wildman–Crippen MR) is 101 cm³/mol. The summed E-state index contributed by atoms with van der Waals surface area (Å²) >= 11 is 3.67. The van der Waals surface area contributed by atoms with Crippen LogP contribution in [-0.4, -0.2) is 12.6 Å². The number of ether oxygens (including phenoxy) is 2. The van der Waals surface area contributed by atoms with E-state index < -0.39 is 0 Å². The van der Waals surface area contributed by atoms with Gasteiger partial charge >= 0.3 is 0 Å². The highest BCUT2D eigenvalue weighted by Crippen LogP contribution is 2.35. The van der Waals surface area contributed by atoms with E-state index in [2.05, 4.69) is 46.4 Å². The molecule has 4 heteroatoms. The van der Waals surface area contributed by atoms with Gasteiger partial charge in [0, 0.05) is 17.1 Å². The average Bonchev–Trinajstić information content (AvgIpc) is 3.39. The van der Waals surface area contributed by atoms with Crippen LogP contribution in [0.25, 0.3) is 0 Å². The lowest BCUT2D eigenvalue weighted by atomic mass is 10.1. The van der Waals surface area contributed by atoms with Crippen LogP contribution in [0, 0.1) is 6.92 Å². The van der Waals surface area contributed by atoms with E-state index in [1.165, 1.54) is 29.5 Å². The van der Waals surface area contributed by atoms with Crippen molar-refractivity contribution in [2.45, 2.75) is 45.9 Å². The molecule has 3 nitrogen and oxygen atoms in total. The van der Waals surface area contributed by atoms with E-state index in [1.807, 2.05) is 25.1 Å². The van der Waals surface area contributed by atoms with Gasteiger partial charge in [0.05, 0.1) is 6.61 Å². The first-order valence-electron chi connectivity index (χ1n) is 8.53. The van der Waals surface area contributed by atoms with Crippen LogP contribution in [0.1, 0.15) is 36.5 Å². The van der Waals surface area contributed by atoms with Gasteiger partial charge in [-0.3, -0.25) is 0 Å². The van der Waals surface area contributed by atoms with Crippen molar-refractivity contribution in [1.29, 1.82) is 0 Å². The monoisotopic (exact) mass is 389 g/mol. The second-order valence-corrected chi connectivity index (χ2v) is 7.05. The van der Waals surface area contributed by atoms with Gasteiger partial charge in [-0.25, -0.2) is 0 Å². The van der Waals surface area contributed by atoms with Gasteiger partial charge in [-0.15, -0.1) is 0 Å². The molecule has 1 aliphatic carbocycles. The molecule has 0 aliphatic heterocycles. The summed E-state index contributed by atoms with van der Waals surface area (Å²) in [6.45, 7) is 6.11. The predicted octanol–water partition coefficient (Wildman–Crippen LogP) is 4.99. The molecule has 1 saturated carbocycles. The van der Waals surface area contributed by atoms with E-state index in [1.54, 1.807) is 0 Å². The van der Waals surface area contributed by atoms with Crippen LogP contribution in [0.4, 0.5) is 0 Å². The molecule has 0 amide bonds. The summed E-state index contributed by atoms with van der Waals surface area (Å²) in [4.78, 5) is 0. The maximum absolute atomic E-state index is 6.05. The SMILES string of the molecule is CCOc1cc(CNC2CC2)c(Br)cc1OCc1ccccc1C. The van der Waals surface area contributed by atoms with Crippen molar-refractivity contribution < 1.29 is 9.47 Å². The first-order chi connectivity index (χ1) is 11.7. The minimum absolute atomic E-state index is 0.541. The highest BCUT2D eigenvalue weighted by Gasteiger charge is 2.21. The summed E-state index contributed by atoms with van der Waals surface area (Å²) in [6.07, 6.45) is 2.57. The molecule has 0 aromatic heterocycles. The van der Waals surface area contributed by atoms with Crippen molar-refractivity contribution in [3.63, 3.8) is 0 Å². The van der Waals surface area contributed by atoms with Gasteiger partial charge < -0.3 is 14.8 Å². The molecule has 0 heterocycles. The first kappa shape index (κ1) is 17.3. The van der Waals surface area contributed by atoms with E-state index in [0.29, 0.717) is 19.3 Å². The maximum Gasteiger partial charge on any atom is 0.162 e. The molecule has 2 aromatic rings. The fourth-order valence-electron chi connectivity index (χ4n) is 2.56. The molecule has 3 rings (SSSR count). The van der Waals surface area contributed by atoms with Crippen LogP contribution in [0.2, 0.25) is 0 Å². The Morgan fingerprint density at radius 3 is 2.54 bits per heavy atom. The van der Waals surface area contributed by atoms with Gasteiger partial charge in [0.25, 0.3) is 0 Å².